The van der Waals surface area contributed by atoms with Gasteiger partial charge in [0.1, 0.15) is 5.76 Å². The normalized spacial score (nSPS) is 26.2. The van der Waals surface area contributed by atoms with Crippen molar-refractivity contribution < 1.29 is 9.53 Å². The Labute approximate surface area is 58.3 Å². The van der Waals surface area contributed by atoms with Crippen molar-refractivity contribution in [3.05, 3.63) is 11.8 Å². The minimum Gasteiger partial charge on any atom is -0.500 e. The third-order valence-corrected chi connectivity index (χ3v) is 2.13. The van der Waals surface area contributed by atoms with Gasteiger partial charge in [-0.3, -0.25) is 4.79 Å². The van der Waals surface area contributed by atoms with E-state index in [-0.39, 0.29) is 10.4 Å². The Balaban J connectivity index is 2.68. The lowest BCUT2D eigenvalue weighted by Crippen LogP contribution is -1.96. The molecule has 1 aliphatic rings. The highest BCUT2D eigenvalue weighted by atomic mass is 32.2. The summed E-state index contributed by atoms with van der Waals surface area (Å²) in [6.45, 7) is 1.95. The van der Waals surface area contributed by atoms with E-state index in [1.165, 1.54) is 17.8 Å². The Morgan fingerprint density at radius 1 is 1.78 bits per heavy atom. The van der Waals surface area contributed by atoms with Crippen LogP contribution in [-0.4, -0.2) is 17.5 Å². The minimum absolute atomic E-state index is 0.0966. The van der Waals surface area contributed by atoms with Crippen molar-refractivity contribution in [1.82, 2.24) is 0 Å². The summed E-state index contributed by atoms with van der Waals surface area (Å²) in [4.78, 5) is 10.6. The maximum atomic E-state index is 10.6. The molecule has 50 valence electrons. The topological polar surface area (TPSA) is 26.3 Å². The van der Waals surface area contributed by atoms with E-state index in [4.69, 9.17) is 4.74 Å². The molecule has 2 nitrogen and oxygen atoms in total. The average molecular weight is 144 g/mol. The molecule has 9 heavy (non-hydrogen) atoms. The molecule has 0 spiro atoms. The van der Waals surface area contributed by atoms with Crippen LogP contribution in [0.25, 0.3) is 0 Å². The van der Waals surface area contributed by atoms with Crippen molar-refractivity contribution in [2.24, 2.45) is 0 Å². The molecular weight excluding hydrogens is 136 g/mol. The Morgan fingerprint density at radius 2 is 2.44 bits per heavy atom. The summed E-state index contributed by atoms with van der Waals surface area (Å²) in [5, 5.41) is 0.307. The molecule has 0 fully saturated rings. The first kappa shape index (κ1) is 6.68. The highest BCUT2D eigenvalue weighted by Crippen LogP contribution is 2.27. The Kier molecular flexibility index (Phi) is 1.81. The molecule has 0 aliphatic carbocycles. The van der Waals surface area contributed by atoms with Crippen LogP contribution in [0.5, 0.6) is 0 Å². The number of methoxy groups -OCH3 is 1. The monoisotopic (exact) mass is 144 g/mol. The molecule has 0 aromatic carbocycles. The number of ether oxygens (including phenoxy) is 1. The van der Waals surface area contributed by atoms with Gasteiger partial charge in [0.15, 0.2) is 0 Å². The van der Waals surface area contributed by atoms with Crippen molar-refractivity contribution >= 4 is 16.9 Å². The molecule has 0 N–H and O–H groups in total. The third kappa shape index (κ3) is 1.27. The van der Waals surface area contributed by atoms with Crippen LogP contribution in [0.3, 0.4) is 0 Å². The fourth-order valence-electron chi connectivity index (χ4n) is 0.725. The van der Waals surface area contributed by atoms with Crippen LogP contribution < -0.4 is 0 Å². The number of hydrogen-bond donors (Lipinski definition) is 0. The van der Waals surface area contributed by atoms with E-state index < -0.39 is 0 Å². The van der Waals surface area contributed by atoms with Crippen LogP contribution in [-0.2, 0) is 9.53 Å². The second kappa shape index (κ2) is 2.43. The zero-order valence-corrected chi connectivity index (χ0v) is 6.20. The maximum absolute atomic E-state index is 10.6. The molecule has 1 heterocycles. The van der Waals surface area contributed by atoms with E-state index in [2.05, 4.69) is 0 Å². The van der Waals surface area contributed by atoms with Gasteiger partial charge in [-0.1, -0.05) is 11.8 Å². The van der Waals surface area contributed by atoms with Gasteiger partial charge in [-0.05, 0) is 6.92 Å². The standard InChI is InChI=1S/C6H8O2S/c1-4-5(8-2)3-6(7)9-4/h3-4H,1-2H3. The average Bonchev–Trinajstić information content (AvgIpc) is 2.10. The summed E-state index contributed by atoms with van der Waals surface area (Å²) < 4.78 is 4.91. The summed E-state index contributed by atoms with van der Waals surface area (Å²) >= 11 is 1.30. The van der Waals surface area contributed by atoms with Crippen molar-refractivity contribution in [1.29, 1.82) is 0 Å². The molecule has 0 aromatic heterocycles. The Hall–Kier alpha value is -0.440. The number of hydrogen-bond acceptors (Lipinski definition) is 3. The van der Waals surface area contributed by atoms with Gasteiger partial charge in [-0.15, -0.1) is 0 Å². The Bertz CT molecular complexity index is 162. The van der Waals surface area contributed by atoms with E-state index >= 15 is 0 Å². The van der Waals surface area contributed by atoms with Gasteiger partial charge < -0.3 is 4.74 Å². The second-order valence-corrected chi connectivity index (χ2v) is 3.18. The van der Waals surface area contributed by atoms with Crippen LogP contribution in [0.4, 0.5) is 0 Å². The molecule has 0 radical (unpaired) electrons. The molecule has 1 atom stereocenters. The zero-order valence-electron chi connectivity index (χ0n) is 5.38. The summed E-state index contributed by atoms with van der Waals surface area (Å²) in [5.41, 5.74) is 0. The first-order valence-electron chi connectivity index (χ1n) is 2.70. The SMILES string of the molecule is COC1=CC(=O)SC1C. The fraction of sp³-hybridized carbons (Fsp3) is 0.500. The lowest BCUT2D eigenvalue weighted by atomic mass is 10.4. The van der Waals surface area contributed by atoms with Crippen molar-refractivity contribution in [2.45, 2.75) is 12.2 Å². The molecule has 0 amide bonds. The highest BCUT2D eigenvalue weighted by Gasteiger charge is 2.21. The van der Waals surface area contributed by atoms with E-state index in [0.29, 0.717) is 0 Å². The quantitative estimate of drug-likeness (QED) is 0.552. The first-order valence-corrected chi connectivity index (χ1v) is 3.58. The summed E-state index contributed by atoms with van der Waals surface area (Å²) in [6, 6.07) is 0. The van der Waals surface area contributed by atoms with Gasteiger partial charge in [-0.2, -0.15) is 0 Å². The van der Waals surface area contributed by atoms with Gasteiger partial charge in [0.25, 0.3) is 0 Å². The lowest BCUT2D eigenvalue weighted by molar-refractivity contribution is -0.106. The molecule has 1 aliphatic heterocycles. The maximum Gasteiger partial charge on any atom is 0.216 e. The summed E-state index contributed by atoms with van der Waals surface area (Å²) in [5.74, 6) is 0.782. The smallest absolute Gasteiger partial charge is 0.216 e. The van der Waals surface area contributed by atoms with Gasteiger partial charge in [0.05, 0.1) is 12.4 Å². The largest absolute Gasteiger partial charge is 0.500 e. The predicted octanol–water partition coefficient (Wildman–Crippen LogP) is 1.18. The molecular formula is C6H8O2S. The highest BCUT2D eigenvalue weighted by molar-refractivity contribution is 8.15. The predicted molar refractivity (Wildman–Crippen MR) is 37.2 cm³/mol. The molecule has 0 aromatic rings. The minimum atomic E-state index is 0.0966. The van der Waals surface area contributed by atoms with Crippen molar-refractivity contribution in [2.75, 3.05) is 7.11 Å². The molecule has 0 saturated heterocycles. The van der Waals surface area contributed by atoms with Crippen LogP contribution in [0.1, 0.15) is 6.92 Å². The second-order valence-electron chi connectivity index (χ2n) is 1.83. The van der Waals surface area contributed by atoms with E-state index in [0.717, 1.165) is 5.76 Å². The molecule has 3 heteroatoms. The van der Waals surface area contributed by atoms with Gasteiger partial charge in [0, 0.05) is 6.08 Å². The number of carbonyl (C=O) groups excluding carboxylic acids is 1. The van der Waals surface area contributed by atoms with Crippen LogP contribution in [0, 0.1) is 0 Å². The van der Waals surface area contributed by atoms with Crippen LogP contribution in [0.2, 0.25) is 0 Å². The number of carbonyl (C=O) groups is 1. The van der Waals surface area contributed by atoms with E-state index in [9.17, 15) is 4.79 Å². The fourth-order valence-corrected chi connectivity index (χ4v) is 1.54. The van der Waals surface area contributed by atoms with Gasteiger partial charge in [-0.25, -0.2) is 0 Å². The van der Waals surface area contributed by atoms with Gasteiger partial charge in [0.2, 0.25) is 5.12 Å². The van der Waals surface area contributed by atoms with E-state index in [1.54, 1.807) is 7.11 Å². The number of thioether (sulfide) groups is 1. The Morgan fingerprint density at radius 3 is 2.67 bits per heavy atom. The molecule has 1 rings (SSSR count). The van der Waals surface area contributed by atoms with Crippen molar-refractivity contribution in [3.63, 3.8) is 0 Å². The molecule has 1 unspecified atom stereocenters. The van der Waals surface area contributed by atoms with Crippen LogP contribution in [0.15, 0.2) is 11.8 Å². The van der Waals surface area contributed by atoms with Crippen molar-refractivity contribution in [3.8, 4) is 0 Å². The number of rotatable bonds is 1. The molecule has 0 bridgehead atoms. The van der Waals surface area contributed by atoms with E-state index in [1.807, 2.05) is 6.92 Å². The third-order valence-electron chi connectivity index (χ3n) is 1.19. The summed E-state index contributed by atoms with van der Waals surface area (Å²) in [7, 11) is 1.58. The molecule has 0 saturated carbocycles. The first-order chi connectivity index (χ1) is 4.24. The lowest BCUT2D eigenvalue weighted by Gasteiger charge is -2.03. The zero-order chi connectivity index (χ0) is 6.85. The van der Waals surface area contributed by atoms with Gasteiger partial charge >= 0.3 is 0 Å². The van der Waals surface area contributed by atoms with Crippen LogP contribution >= 0.6 is 11.8 Å². The summed E-state index contributed by atoms with van der Waals surface area (Å²) in [6.07, 6.45) is 1.54.